The maximum Gasteiger partial charge on any atom is 0.335 e. The molecule has 0 radical (unpaired) electrons. The van der Waals surface area contributed by atoms with Gasteiger partial charge in [0.1, 0.15) is 5.75 Å². The number of aromatic carboxylic acids is 1. The number of benzene rings is 2. The molecule has 23 heavy (non-hydrogen) atoms. The van der Waals surface area contributed by atoms with Gasteiger partial charge >= 0.3 is 5.97 Å². The van der Waals surface area contributed by atoms with Crippen LogP contribution >= 0.6 is 0 Å². The number of carboxylic acid groups (broad SMARTS) is 1. The standard InChI is InChI=1S/C19H16O4/c1-11(2)14-7-8-16-15(10-14)18(20)17(23-16)9-12-3-5-13(6-4-12)19(21)22/h3-11H,1-2H3,(H,21,22)/b17-9-. The van der Waals surface area contributed by atoms with Crippen LogP contribution in [-0.4, -0.2) is 16.9 Å². The summed E-state index contributed by atoms with van der Waals surface area (Å²) in [6, 6.07) is 11.9. The molecule has 0 atom stereocenters. The van der Waals surface area contributed by atoms with E-state index in [0.29, 0.717) is 17.2 Å². The van der Waals surface area contributed by atoms with E-state index < -0.39 is 5.97 Å². The first-order valence-corrected chi connectivity index (χ1v) is 7.37. The van der Waals surface area contributed by atoms with Gasteiger partial charge in [-0.15, -0.1) is 0 Å². The van der Waals surface area contributed by atoms with Crippen molar-refractivity contribution < 1.29 is 19.4 Å². The summed E-state index contributed by atoms with van der Waals surface area (Å²) in [4.78, 5) is 23.3. The quantitative estimate of drug-likeness (QED) is 0.866. The lowest BCUT2D eigenvalue weighted by atomic mass is 9.99. The highest BCUT2D eigenvalue weighted by Crippen LogP contribution is 2.34. The van der Waals surface area contributed by atoms with Gasteiger partial charge in [0.15, 0.2) is 5.76 Å². The molecule has 0 saturated heterocycles. The molecule has 0 fully saturated rings. The van der Waals surface area contributed by atoms with E-state index in [-0.39, 0.29) is 17.1 Å². The number of Topliss-reactive ketones (excluding diaryl/α,β-unsaturated/α-hetero) is 1. The molecule has 0 saturated carbocycles. The predicted molar refractivity (Wildman–Crippen MR) is 86.9 cm³/mol. The normalized spacial score (nSPS) is 14.9. The first-order valence-electron chi connectivity index (χ1n) is 7.37. The molecule has 0 unspecified atom stereocenters. The molecule has 116 valence electrons. The number of carbonyl (C=O) groups is 2. The number of carbonyl (C=O) groups excluding carboxylic acids is 1. The summed E-state index contributed by atoms with van der Waals surface area (Å²) in [6.07, 6.45) is 1.63. The summed E-state index contributed by atoms with van der Waals surface area (Å²) in [7, 11) is 0. The molecule has 3 rings (SSSR count). The maximum absolute atomic E-state index is 12.5. The van der Waals surface area contributed by atoms with Crippen LogP contribution in [0.2, 0.25) is 0 Å². The van der Waals surface area contributed by atoms with Crippen LogP contribution in [0.15, 0.2) is 48.2 Å². The fraction of sp³-hybridized carbons (Fsp3) is 0.158. The molecule has 1 aliphatic heterocycles. The van der Waals surface area contributed by atoms with Crippen LogP contribution < -0.4 is 4.74 Å². The molecule has 0 aromatic heterocycles. The second-order valence-electron chi connectivity index (χ2n) is 5.78. The highest BCUT2D eigenvalue weighted by molar-refractivity contribution is 6.14. The summed E-state index contributed by atoms with van der Waals surface area (Å²) in [6.45, 7) is 4.14. The first-order chi connectivity index (χ1) is 11.0. The SMILES string of the molecule is CC(C)c1ccc2c(c1)C(=O)/C(=C/c1ccc(C(=O)O)cc1)O2. The third-order valence-corrected chi connectivity index (χ3v) is 3.81. The number of rotatable bonds is 3. The minimum atomic E-state index is -0.981. The molecule has 1 heterocycles. The van der Waals surface area contributed by atoms with E-state index in [1.54, 1.807) is 18.2 Å². The smallest absolute Gasteiger partial charge is 0.335 e. The second-order valence-corrected chi connectivity index (χ2v) is 5.78. The average Bonchev–Trinajstić information content (AvgIpc) is 2.83. The van der Waals surface area contributed by atoms with Crippen molar-refractivity contribution >= 4 is 17.8 Å². The molecular weight excluding hydrogens is 292 g/mol. The molecule has 0 aliphatic carbocycles. The number of ether oxygens (including phenoxy) is 1. The Hall–Kier alpha value is -2.88. The third kappa shape index (κ3) is 2.88. The highest BCUT2D eigenvalue weighted by atomic mass is 16.5. The average molecular weight is 308 g/mol. The van der Waals surface area contributed by atoms with Crippen molar-refractivity contribution in [2.45, 2.75) is 19.8 Å². The van der Waals surface area contributed by atoms with Gasteiger partial charge in [0.25, 0.3) is 0 Å². The number of hydrogen-bond donors (Lipinski definition) is 1. The largest absolute Gasteiger partial charge is 0.478 e. The van der Waals surface area contributed by atoms with Crippen LogP contribution in [0.3, 0.4) is 0 Å². The Kier molecular flexibility index (Phi) is 3.74. The minimum absolute atomic E-state index is 0.148. The molecule has 4 heteroatoms. The van der Waals surface area contributed by atoms with Gasteiger partial charge in [0.2, 0.25) is 5.78 Å². The van der Waals surface area contributed by atoms with Gasteiger partial charge in [-0.05, 0) is 47.4 Å². The molecule has 2 aromatic carbocycles. The Morgan fingerprint density at radius 2 is 1.83 bits per heavy atom. The van der Waals surface area contributed by atoms with Crippen molar-refractivity contribution in [1.29, 1.82) is 0 Å². The van der Waals surface area contributed by atoms with Crippen LogP contribution in [0, 0.1) is 0 Å². The van der Waals surface area contributed by atoms with Crippen molar-refractivity contribution in [3.05, 3.63) is 70.5 Å². The Balaban J connectivity index is 1.90. The van der Waals surface area contributed by atoms with Gasteiger partial charge in [0.05, 0.1) is 11.1 Å². The number of hydrogen-bond acceptors (Lipinski definition) is 3. The maximum atomic E-state index is 12.5. The van der Waals surface area contributed by atoms with Gasteiger partial charge in [-0.1, -0.05) is 32.0 Å². The third-order valence-electron chi connectivity index (χ3n) is 3.81. The number of ketones is 1. The summed E-state index contributed by atoms with van der Waals surface area (Å²) in [5.74, 6) is 0.0253. The van der Waals surface area contributed by atoms with Crippen molar-refractivity contribution in [3.8, 4) is 5.75 Å². The topological polar surface area (TPSA) is 63.6 Å². The Labute approximate surface area is 134 Å². The van der Waals surface area contributed by atoms with E-state index >= 15 is 0 Å². The fourth-order valence-electron chi connectivity index (χ4n) is 2.44. The molecule has 2 aromatic rings. The molecular formula is C19H16O4. The molecule has 4 nitrogen and oxygen atoms in total. The van der Waals surface area contributed by atoms with Gasteiger partial charge in [-0.2, -0.15) is 0 Å². The summed E-state index contributed by atoms with van der Waals surface area (Å²) < 4.78 is 5.63. The van der Waals surface area contributed by atoms with E-state index in [9.17, 15) is 9.59 Å². The number of allylic oxidation sites excluding steroid dienone is 1. The second kappa shape index (κ2) is 5.72. The lowest BCUT2D eigenvalue weighted by Crippen LogP contribution is -1.99. The number of carboxylic acids is 1. The zero-order chi connectivity index (χ0) is 16.6. The summed E-state index contributed by atoms with van der Waals surface area (Å²) in [5.41, 5.74) is 2.59. The van der Waals surface area contributed by atoms with Gasteiger partial charge in [-0.25, -0.2) is 4.79 Å². The molecule has 0 bridgehead atoms. The lowest BCUT2D eigenvalue weighted by Gasteiger charge is -2.05. The van der Waals surface area contributed by atoms with Crippen molar-refractivity contribution in [3.63, 3.8) is 0 Å². The molecule has 1 aliphatic rings. The van der Waals surface area contributed by atoms with Crippen molar-refractivity contribution in [2.24, 2.45) is 0 Å². The van der Waals surface area contributed by atoms with E-state index in [1.807, 2.05) is 18.2 Å². The van der Waals surface area contributed by atoms with E-state index in [2.05, 4.69) is 13.8 Å². The molecule has 0 spiro atoms. The van der Waals surface area contributed by atoms with Gasteiger partial charge in [0, 0.05) is 0 Å². The predicted octanol–water partition coefficient (Wildman–Crippen LogP) is 4.12. The monoisotopic (exact) mass is 308 g/mol. The van der Waals surface area contributed by atoms with E-state index in [1.165, 1.54) is 12.1 Å². The summed E-state index contributed by atoms with van der Waals surface area (Å²) in [5, 5.41) is 8.90. The minimum Gasteiger partial charge on any atom is -0.478 e. The van der Waals surface area contributed by atoms with Crippen molar-refractivity contribution in [1.82, 2.24) is 0 Å². The fourth-order valence-corrected chi connectivity index (χ4v) is 2.44. The van der Waals surface area contributed by atoms with Gasteiger partial charge in [-0.3, -0.25) is 4.79 Å². The van der Waals surface area contributed by atoms with Gasteiger partial charge < -0.3 is 9.84 Å². The van der Waals surface area contributed by atoms with Crippen LogP contribution in [-0.2, 0) is 0 Å². The van der Waals surface area contributed by atoms with E-state index in [4.69, 9.17) is 9.84 Å². The highest BCUT2D eigenvalue weighted by Gasteiger charge is 2.27. The zero-order valence-electron chi connectivity index (χ0n) is 12.9. The van der Waals surface area contributed by atoms with Crippen LogP contribution in [0.1, 0.15) is 51.6 Å². The molecule has 1 N–H and O–H groups in total. The Morgan fingerprint density at radius 3 is 2.43 bits per heavy atom. The zero-order valence-corrected chi connectivity index (χ0v) is 12.9. The first kappa shape index (κ1) is 15.0. The van der Waals surface area contributed by atoms with Crippen LogP contribution in [0.4, 0.5) is 0 Å². The van der Waals surface area contributed by atoms with E-state index in [0.717, 1.165) is 11.1 Å². The Bertz CT molecular complexity index is 814. The van der Waals surface area contributed by atoms with Crippen LogP contribution in [0.5, 0.6) is 5.75 Å². The van der Waals surface area contributed by atoms with Crippen LogP contribution in [0.25, 0.3) is 6.08 Å². The molecule has 0 amide bonds. The van der Waals surface area contributed by atoms with Crippen molar-refractivity contribution in [2.75, 3.05) is 0 Å². The lowest BCUT2D eigenvalue weighted by molar-refractivity contribution is 0.0696. The number of fused-ring (bicyclic) bond motifs is 1. The Morgan fingerprint density at radius 1 is 1.13 bits per heavy atom. The summed E-state index contributed by atoms with van der Waals surface area (Å²) >= 11 is 0.